The number of carbonyl (C=O) groups excluding carboxylic acids is 2. The number of ether oxygens (including phenoxy) is 4. The fourth-order valence-corrected chi connectivity index (χ4v) is 5.65. The molecule has 0 aliphatic heterocycles. The van der Waals surface area contributed by atoms with Crippen molar-refractivity contribution in [3.05, 3.63) is 167 Å². The first kappa shape index (κ1) is 37.0. The number of methoxy groups -OCH3 is 1. The van der Waals surface area contributed by atoms with Gasteiger partial charge in [-0.2, -0.15) is 0 Å². The van der Waals surface area contributed by atoms with E-state index in [2.05, 4.69) is 0 Å². The van der Waals surface area contributed by atoms with Gasteiger partial charge < -0.3 is 23.5 Å². The Kier molecular flexibility index (Phi) is 11.8. The van der Waals surface area contributed by atoms with Crippen LogP contribution in [0.25, 0.3) is 0 Å². The number of benzene rings is 6. The van der Waals surface area contributed by atoms with Gasteiger partial charge in [-0.25, -0.2) is 8.42 Å². The number of rotatable bonds is 12. The first-order valence-corrected chi connectivity index (χ1v) is 16.7. The first-order valence-electron chi connectivity index (χ1n) is 15.3. The van der Waals surface area contributed by atoms with E-state index in [1.165, 1.54) is 24.3 Å². The van der Waals surface area contributed by atoms with Crippen LogP contribution in [0, 0.1) is 6.92 Å². The summed E-state index contributed by atoms with van der Waals surface area (Å²) < 4.78 is 57.7. The monoisotopic (exact) mass is 708 g/mol. The second-order valence-electron chi connectivity index (χ2n) is 11.1. The molecule has 6 rings (SSSR count). The van der Waals surface area contributed by atoms with E-state index in [1.54, 1.807) is 129 Å². The van der Waals surface area contributed by atoms with Crippen LogP contribution in [0.2, 0.25) is 0 Å². The zero-order chi connectivity index (χ0) is 35.3. The number of ketones is 2. The van der Waals surface area contributed by atoms with Gasteiger partial charge in [0.1, 0.15) is 50.4 Å². The summed E-state index contributed by atoms with van der Waals surface area (Å²) in [7, 11) is -3.16. The van der Waals surface area contributed by atoms with Gasteiger partial charge in [-0.15, -0.1) is 0 Å². The van der Waals surface area contributed by atoms with E-state index < -0.39 is 15.0 Å². The van der Waals surface area contributed by atoms with Crippen molar-refractivity contribution in [3.8, 4) is 40.2 Å². The normalized spacial score (nSPS) is 10.8. The Hall–Kier alpha value is -5.23. The number of hydrogen-bond acceptors (Lipinski definition) is 9. The van der Waals surface area contributed by atoms with E-state index >= 15 is 0 Å². The average Bonchev–Trinajstić information content (AvgIpc) is 3.13. The van der Waals surface area contributed by atoms with E-state index in [0.29, 0.717) is 56.6 Å². The summed E-state index contributed by atoms with van der Waals surface area (Å²) in [4.78, 5) is 25.4. The molecule has 0 radical (unpaired) electrons. The molecule has 0 fully saturated rings. The van der Waals surface area contributed by atoms with E-state index in [9.17, 15) is 22.6 Å². The summed E-state index contributed by atoms with van der Waals surface area (Å²) in [5.74, 6) is 2.77. The maximum atomic E-state index is 13.1. The number of aryl methyl sites for hydroxylation is 1. The summed E-state index contributed by atoms with van der Waals surface area (Å²) in [6.45, 7) is 1.67. The van der Waals surface area contributed by atoms with Gasteiger partial charge in [0.05, 0.1) is 12.0 Å². The zero-order valence-corrected chi connectivity index (χ0v) is 30.7. The largest absolute Gasteiger partial charge is 1.00 e. The molecule has 0 atom stereocenters. The molecule has 0 heterocycles. The van der Waals surface area contributed by atoms with E-state index in [-0.39, 0.29) is 52.6 Å². The Morgan fingerprint density at radius 1 is 0.490 bits per heavy atom. The Bertz CT molecular complexity index is 2250. The molecule has 0 spiro atoms. The van der Waals surface area contributed by atoms with Crippen LogP contribution in [0.1, 0.15) is 37.4 Å². The molecule has 0 amide bonds. The van der Waals surface area contributed by atoms with Gasteiger partial charge in [0.25, 0.3) is 0 Å². The van der Waals surface area contributed by atoms with Crippen LogP contribution in [0.4, 0.5) is 0 Å². The topological polar surface area (TPSA) is 128 Å². The molecule has 6 aromatic carbocycles. The van der Waals surface area contributed by atoms with Gasteiger partial charge in [0.15, 0.2) is 11.6 Å². The van der Waals surface area contributed by atoms with Crippen LogP contribution in [0.3, 0.4) is 0 Å². The molecule has 0 unspecified atom stereocenters. The quantitative estimate of drug-likeness (QED) is 0.0887. The fraction of sp³-hybridized carbons (Fsp3) is 0.0500. The van der Waals surface area contributed by atoms with Gasteiger partial charge in [-0.1, -0.05) is 6.07 Å². The predicted molar refractivity (Wildman–Crippen MR) is 185 cm³/mol. The molecule has 0 N–H and O–H groups in total. The van der Waals surface area contributed by atoms with Gasteiger partial charge in [0, 0.05) is 22.3 Å². The standard InChI is InChI=1S/C40H30O9S.Na/c1-26-3-24-37(38(25-26)50(43,44)45)49-36-18-10-30(11-19-36)40(42)29-8-16-33(17-9-29)48-35-22-20-34(21-23-35)47-32-14-6-28(7-15-32)39(41)27-4-12-31(46-2)13-5-27;/h3-25H,1-2H3,(H,43,44,45);/q;+1/p-1. The number of hydrogen-bond donors (Lipinski definition) is 0. The third-order valence-corrected chi connectivity index (χ3v) is 8.45. The summed E-state index contributed by atoms with van der Waals surface area (Å²) in [6, 6.07) is 38.0. The van der Waals surface area contributed by atoms with Gasteiger partial charge in [0.2, 0.25) is 0 Å². The maximum Gasteiger partial charge on any atom is 1.00 e. The summed E-state index contributed by atoms with van der Waals surface area (Å²) in [6.07, 6.45) is 0. The molecule has 0 aliphatic carbocycles. The van der Waals surface area contributed by atoms with Crippen molar-refractivity contribution in [2.45, 2.75) is 11.8 Å². The van der Waals surface area contributed by atoms with Crippen molar-refractivity contribution in [3.63, 3.8) is 0 Å². The summed E-state index contributed by atoms with van der Waals surface area (Å²) >= 11 is 0. The smallest absolute Gasteiger partial charge is 0.744 e. The van der Waals surface area contributed by atoms with Crippen molar-refractivity contribution >= 4 is 21.7 Å². The molecule has 6 aromatic rings. The second kappa shape index (κ2) is 16.2. The predicted octanol–water partition coefficient (Wildman–Crippen LogP) is 5.75. The Morgan fingerprint density at radius 3 is 1.14 bits per heavy atom. The Balaban J connectivity index is 0.00000504. The first-order chi connectivity index (χ1) is 24.1. The third kappa shape index (κ3) is 9.31. The van der Waals surface area contributed by atoms with E-state index in [0.717, 1.165) is 0 Å². The summed E-state index contributed by atoms with van der Waals surface area (Å²) in [5, 5.41) is 0. The van der Waals surface area contributed by atoms with Gasteiger partial charge in [-0.05, 0) is 146 Å². The third-order valence-electron chi connectivity index (χ3n) is 7.59. The van der Waals surface area contributed by atoms with Gasteiger partial charge >= 0.3 is 29.6 Å². The molecule has 0 aromatic heterocycles. The van der Waals surface area contributed by atoms with Crippen LogP contribution >= 0.6 is 0 Å². The SMILES string of the molecule is COc1ccc(C(=O)c2ccc(Oc3ccc(Oc4ccc(C(=O)c5ccc(Oc6ccc(C)cc6S(=O)(=O)[O-])cc5)cc4)cc3)cc2)cc1.[Na+]. The molecular weight excluding hydrogens is 679 g/mol. The Morgan fingerprint density at radius 2 is 0.804 bits per heavy atom. The van der Waals surface area contributed by atoms with Crippen molar-refractivity contribution < 1.29 is 71.1 Å². The maximum absolute atomic E-state index is 13.1. The molecular formula is C40H29NaO9S. The van der Waals surface area contributed by atoms with Crippen LogP contribution in [0.15, 0.2) is 144 Å². The van der Waals surface area contributed by atoms with Crippen molar-refractivity contribution in [1.82, 2.24) is 0 Å². The second-order valence-corrected chi connectivity index (χ2v) is 12.5. The van der Waals surface area contributed by atoms with Crippen molar-refractivity contribution in [1.29, 1.82) is 0 Å². The van der Waals surface area contributed by atoms with Crippen LogP contribution in [-0.2, 0) is 10.1 Å². The minimum atomic E-state index is -4.74. The van der Waals surface area contributed by atoms with Crippen LogP contribution in [-0.4, -0.2) is 31.6 Å². The van der Waals surface area contributed by atoms with Crippen molar-refractivity contribution in [2.24, 2.45) is 0 Å². The molecule has 0 saturated carbocycles. The molecule has 11 heteroatoms. The molecule has 0 saturated heterocycles. The van der Waals surface area contributed by atoms with Crippen molar-refractivity contribution in [2.75, 3.05) is 7.11 Å². The van der Waals surface area contributed by atoms with E-state index in [1.807, 2.05) is 0 Å². The molecule has 9 nitrogen and oxygen atoms in total. The van der Waals surface area contributed by atoms with Gasteiger partial charge in [-0.3, -0.25) is 9.59 Å². The van der Waals surface area contributed by atoms with Crippen LogP contribution in [0.5, 0.6) is 40.2 Å². The molecule has 51 heavy (non-hydrogen) atoms. The van der Waals surface area contributed by atoms with Crippen LogP contribution < -0.4 is 48.5 Å². The molecule has 0 bridgehead atoms. The minimum Gasteiger partial charge on any atom is -0.744 e. The average molecular weight is 709 g/mol. The minimum absolute atomic E-state index is 0. The fourth-order valence-electron chi connectivity index (χ4n) is 4.97. The number of carbonyl (C=O) groups is 2. The van der Waals surface area contributed by atoms with E-state index in [4.69, 9.17) is 18.9 Å². The summed E-state index contributed by atoms with van der Waals surface area (Å²) in [5.41, 5.74) is 2.53. The molecule has 250 valence electrons. The molecule has 0 aliphatic rings. The Labute approximate surface area is 317 Å². The zero-order valence-electron chi connectivity index (χ0n) is 27.9.